The largest absolute Gasteiger partial charge is 0.464 e. The molecule has 1 rings (SSSR count). The molecule has 0 amide bonds. The number of nitro groups is 1. The van der Waals surface area contributed by atoms with Gasteiger partial charge in [0.15, 0.2) is 6.10 Å². The number of nitro benzene ring substituents is 1. The van der Waals surface area contributed by atoms with Crippen LogP contribution in [0.1, 0.15) is 26.7 Å². The molecule has 0 bridgehead atoms. The first kappa shape index (κ1) is 20.0. The Morgan fingerprint density at radius 2 is 1.88 bits per heavy atom. The lowest BCUT2D eigenvalue weighted by Gasteiger charge is -2.20. The first-order valence-electron chi connectivity index (χ1n) is 7.25. The summed E-state index contributed by atoms with van der Waals surface area (Å²) in [6.07, 6.45) is -2.43. The van der Waals surface area contributed by atoms with Crippen LogP contribution in [0.2, 0.25) is 0 Å². The van der Waals surface area contributed by atoms with Gasteiger partial charge in [-0.2, -0.15) is 8.42 Å². The lowest BCUT2D eigenvalue weighted by molar-refractivity contribution is -0.384. The van der Waals surface area contributed by atoms with Gasteiger partial charge in [-0.15, -0.1) is 0 Å². The molecule has 10 heteroatoms. The van der Waals surface area contributed by atoms with Crippen molar-refractivity contribution in [3.05, 3.63) is 34.4 Å². The van der Waals surface area contributed by atoms with E-state index in [4.69, 9.17) is 8.92 Å². The highest BCUT2D eigenvalue weighted by Crippen LogP contribution is 2.21. The molecule has 0 aromatic heterocycles. The molecule has 0 radical (unpaired) electrons. The number of hydrogen-bond acceptors (Lipinski definition) is 8. The van der Waals surface area contributed by atoms with Gasteiger partial charge in [-0.1, -0.05) is 13.3 Å². The van der Waals surface area contributed by atoms with Crippen molar-refractivity contribution in [3.8, 4) is 0 Å². The third-order valence-electron chi connectivity index (χ3n) is 3.02. The smallest absolute Gasteiger partial charge is 0.339 e. The summed E-state index contributed by atoms with van der Waals surface area (Å²) >= 11 is 0. The minimum Gasteiger partial charge on any atom is -0.464 e. The predicted octanol–water partition coefficient (Wildman–Crippen LogP) is 1.39. The predicted molar refractivity (Wildman–Crippen MR) is 82.7 cm³/mol. The molecular weight excluding hydrogens is 342 g/mol. The molecule has 0 aliphatic rings. The van der Waals surface area contributed by atoms with E-state index in [0.717, 1.165) is 24.3 Å². The number of hydrogen-bond donors (Lipinski definition) is 1. The van der Waals surface area contributed by atoms with Crippen molar-refractivity contribution in [3.63, 3.8) is 0 Å². The van der Waals surface area contributed by atoms with Gasteiger partial charge in [0.1, 0.15) is 0 Å². The van der Waals surface area contributed by atoms with Gasteiger partial charge in [0.05, 0.1) is 22.5 Å². The van der Waals surface area contributed by atoms with Crippen LogP contribution in [0.15, 0.2) is 29.2 Å². The minimum absolute atomic E-state index is 0.00484. The number of benzene rings is 1. The van der Waals surface area contributed by atoms with Crippen LogP contribution in [0.5, 0.6) is 0 Å². The second kappa shape index (κ2) is 8.71. The van der Waals surface area contributed by atoms with Gasteiger partial charge in [-0.3, -0.25) is 10.1 Å². The molecule has 1 aromatic carbocycles. The van der Waals surface area contributed by atoms with Crippen molar-refractivity contribution in [2.24, 2.45) is 0 Å². The molecule has 0 heterocycles. The number of nitrogens with zero attached hydrogens (tertiary/aromatic N) is 1. The topological polar surface area (TPSA) is 133 Å². The molecule has 0 aliphatic heterocycles. The fourth-order valence-corrected chi connectivity index (χ4v) is 2.92. The van der Waals surface area contributed by atoms with Crippen molar-refractivity contribution in [2.75, 3.05) is 6.61 Å². The SMILES string of the molecule is CCC[C@@H](O)[C@H](OS(=O)(=O)c1ccc([N+](=O)[O-])cc1)C(=O)OCC. The Kier molecular flexibility index (Phi) is 7.26. The number of aliphatic hydroxyl groups is 1. The van der Waals surface area contributed by atoms with Crippen molar-refractivity contribution < 1.29 is 32.2 Å². The normalized spacial score (nSPS) is 14.0. The van der Waals surface area contributed by atoms with Crippen LogP contribution >= 0.6 is 0 Å². The van der Waals surface area contributed by atoms with E-state index in [1.165, 1.54) is 6.92 Å². The maximum atomic E-state index is 12.2. The molecule has 0 unspecified atom stereocenters. The van der Waals surface area contributed by atoms with E-state index in [1.807, 2.05) is 0 Å². The summed E-state index contributed by atoms with van der Waals surface area (Å²) in [5.74, 6) is -0.996. The fourth-order valence-electron chi connectivity index (χ4n) is 1.86. The van der Waals surface area contributed by atoms with Gasteiger partial charge in [0, 0.05) is 12.1 Å². The first-order chi connectivity index (χ1) is 11.2. The Morgan fingerprint density at radius 1 is 1.29 bits per heavy atom. The molecule has 0 fully saturated rings. The third-order valence-corrected chi connectivity index (χ3v) is 4.33. The highest BCUT2D eigenvalue weighted by molar-refractivity contribution is 7.86. The molecule has 0 aliphatic carbocycles. The van der Waals surface area contributed by atoms with E-state index in [2.05, 4.69) is 0 Å². The molecule has 0 spiro atoms. The molecule has 24 heavy (non-hydrogen) atoms. The number of ether oxygens (including phenoxy) is 1. The van der Waals surface area contributed by atoms with Crippen LogP contribution in [0.25, 0.3) is 0 Å². The zero-order valence-electron chi connectivity index (χ0n) is 13.2. The Hall–Kier alpha value is -2.04. The van der Waals surface area contributed by atoms with Crippen LogP contribution in [0, 0.1) is 10.1 Å². The quantitative estimate of drug-likeness (QED) is 0.302. The summed E-state index contributed by atoms with van der Waals surface area (Å²) in [5.41, 5.74) is -0.290. The zero-order valence-corrected chi connectivity index (χ0v) is 14.1. The molecule has 1 N–H and O–H groups in total. The number of non-ortho nitro benzene ring substituents is 1. The Labute approximate surface area is 139 Å². The summed E-state index contributed by atoms with van der Waals surface area (Å²) in [4.78, 5) is 21.4. The van der Waals surface area contributed by atoms with E-state index in [0.29, 0.717) is 6.42 Å². The number of rotatable bonds is 9. The Morgan fingerprint density at radius 3 is 2.33 bits per heavy atom. The molecule has 0 saturated carbocycles. The Balaban J connectivity index is 3.05. The highest BCUT2D eigenvalue weighted by Gasteiger charge is 2.34. The van der Waals surface area contributed by atoms with E-state index in [1.54, 1.807) is 6.92 Å². The maximum absolute atomic E-state index is 12.2. The summed E-state index contributed by atoms with van der Waals surface area (Å²) in [6.45, 7) is 3.28. The van der Waals surface area contributed by atoms with Crippen LogP contribution in [0.4, 0.5) is 5.69 Å². The molecule has 9 nitrogen and oxygen atoms in total. The maximum Gasteiger partial charge on any atom is 0.339 e. The molecule has 134 valence electrons. The van der Waals surface area contributed by atoms with Crippen LogP contribution in [-0.4, -0.2) is 43.2 Å². The van der Waals surface area contributed by atoms with Gasteiger partial charge in [-0.05, 0) is 25.5 Å². The van der Waals surface area contributed by atoms with Crippen molar-refractivity contribution >= 4 is 21.8 Å². The molecule has 1 aromatic rings. The van der Waals surface area contributed by atoms with Crippen LogP contribution in [-0.2, 0) is 23.8 Å². The van der Waals surface area contributed by atoms with Gasteiger partial charge in [0.25, 0.3) is 15.8 Å². The zero-order chi connectivity index (χ0) is 18.3. The lowest BCUT2D eigenvalue weighted by atomic mass is 10.1. The number of esters is 1. The van der Waals surface area contributed by atoms with Crippen molar-refractivity contribution in [2.45, 2.75) is 43.8 Å². The van der Waals surface area contributed by atoms with E-state index >= 15 is 0 Å². The summed E-state index contributed by atoms with van der Waals surface area (Å²) in [5, 5.41) is 20.5. The lowest BCUT2D eigenvalue weighted by Crippen LogP contribution is -2.39. The standard InChI is InChI=1S/C14H19NO8S/c1-3-5-12(16)13(14(17)22-4-2)23-24(20,21)11-8-6-10(7-9-11)15(18)19/h6-9,12-13,16H,3-5H2,1-2H3/t12-,13+/m1/s1. The Bertz CT molecular complexity index is 671. The minimum atomic E-state index is -4.41. The number of aliphatic hydroxyl groups excluding tert-OH is 1. The van der Waals surface area contributed by atoms with Crippen LogP contribution in [0.3, 0.4) is 0 Å². The fraction of sp³-hybridized carbons (Fsp3) is 0.500. The van der Waals surface area contributed by atoms with Crippen molar-refractivity contribution in [1.29, 1.82) is 0 Å². The average Bonchev–Trinajstić information content (AvgIpc) is 2.53. The highest BCUT2D eigenvalue weighted by atomic mass is 32.2. The molecule has 2 atom stereocenters. The van der Waals surface area contributed by atoms with Crippen molar-refractivity contribution in [1.82, 2.24) is 0 Å². The summed E-state index contributed by atoms with van der Waals surface area (Å²) in [7, 11) is -4.41. The monoisotopic (exact) mass is 361 g/mol. The summed E-state index contributed by atoms with van der Waals surface area (Å²) in [6, 6.07) is 3.97. The van der Waals surface area contributed by atoms with Crippen LogP contribution < -0.4 is 0 Å². The molecular formula is C14H19NO8S. The second-order valence-electron chi connectivity index (χ2n) is 4.83. The third kappa shape index (κ3) is 5.25. The number of carbonyl (C=O) groups excluding carboxylic acids is 1. The van der Waals surface area contributed by atoms with Gasteiger partial charge < -0.3 is 9.84 Å². The average molecular weight is 361 g/mol. The summed E-state index contributed by atoms with van der Waals surface area (Å²) < 4.78 is 34.0. The van der Waals surface area contributed by atoms with Gasteiger partial charge in [0.2, 0.25) is 0 Å². The van der Waals surface area contributed by atoms with E-state index in [9.17, 15) is 28.4 Å². The number of carbonyl (C=O) groups is 1. The molecule has 0 saturated heterocycles. The van der Waals surface area contributed by atoms with Gasteiger partial charge >= 0.3 is 5.97 Å². The van der Waals surface area contributed by atoms with Gasteiger partial charge in [-0.25, -0.2) is 8.98 Å². The first-order valence-corrected chi connectivity index (χ1v) is 8.66. The second-order valence-corrected chi connectivity index (χ2v) is 6.40. The van der Waals surface area contributed by atoms with E-state index < -0.39 is 33.2 Å². The van der Waals surface area contributed by atoms with E-state index in [-0.39, 0.29) is 23.6 Å².